The molecule has 0 spiro atoms. The van der Waals surface area contributed by atoms with E-state index in [2.05, 4.69) is 82.3 Å². The molecule has 1 amide bonds. The third kappa shape index (κ3) is 4.46. The van der Waals surface area contributed by atoms with E-state index in [9.17, 15) is 4.79 Å². The van der Waals surface area contributed by atoms with Crippen molar-refractivity contribution in [1.29, 1.82) is 0 Å². The second-order valence-corrected chi connectivity index (χ2v) is 9.15. The lowest BCUT2D eigenvalue weighted by Gasteiger charge is -2.24. The Balaban J connectivity index is 1.31. The first-order valence-electron chi connectivity index (χ1n) is 11.6. The van der Waals surface area contributed by atoms with E-state index in [0.29, 0.717) is 12.3 Å². The Morgan fingerprint density at radius 1 is 0.970 bits per heavy atom. The van der Waals surface area contributed by atoms with Gasteiger partial charge in [-0.3, -0.25) is 4.79 Å². The highest BCUT2D eigenvalue weighted by molar-refractivity contribution is 5.77. The van der Waals surface area contributed by atoms with E-state index in [0.717, 1.165) is 53.3 Å². The lowest BCUT2D eigenvalue weighted by Crippen LogP contribution is -2.31. The highest BCUT2D eigenvalue weighted by Crippen LogP contribution is 2.33. The van der Waals surface area contributed by atoms with Gasteiger partial charge in [-0.25, -0.2) is 9.97 Å². The molecule has 3 heterocycles. The molecule has 4 aromatic rings. The molecule has 0 bridgehead atoms. The second-order valence-electron chi connectivity index (χ2n) is 9.15. The number of benzene rings is 2. The molecule has 2 aromatic heterocycles. The Labute approximate surface area is 194 Å². The van der Waals surface area contributed by atoms with Crippen molar-refractivity contribution in [3.05, 3.63) is 73.1 Å². The zero-order chi connectivity index (χ0) is 22.8. The van der Waals surface area contributed by atoms with Crippen LogP contribution in [0.5, 0.6) is 0 Å². The van der Waals surface area contributed by atoms with E-state index in [4.69, 9.17) is 0 Å². The highest BCUT2D eigenvalue weighted by atomic mass is 16.2. The number of aromatic amines is 2. The summed E-state index contributed by atoms with van der Waals surface area (Å²) in [6.45, 7) is 5.00. The molecule has 1 unspecified atom stereocenters. The fourth-order valence-corrected chi connectivity index (χ4v) is 4.57. The molecule has 5 rings (SSSR count). The highest BCUT2D eigenvalue weighted by Gasteiger charge is 2.32. The van der Waals surface area contributed by atoms with Crippen LogP contribution in [0.2, 0.25) is 0 Å². The first-order valence-corrected chi connectivity index (χ1v) is 11.6. The summed E-state index contributed by atoms with van der Waals surface area (Å²) in [5, 5.41) is 0. The average molecular weight is 440 g/mol. The van der Waals surface area contributed by atoms with Gasteiger partial charge in [0.2, 0.25) is 5.91 Å². The van der Waals surface area contributed by atoms with Crippen LogP contribution in [0.15, 0.2) is 67.3 Å². The van der Waals surface area contributed by atoms with Gasteiger partial charge in [0.25, 0.3) is 0 Å². The first-order chi connectivity index (χ1) is 16.1. The van der Waals surface area contributed by atoms with Gasteiger partial charge in [-0.1, -0.05) is 62.4 Å². The molecule has 0 aliphatic carbocycles. The molecule has 168 valence electrons. The Morgan fingerprint density at radius 3 is 2.21 bits per heavy atom. The molecular formula is C27H29N5O. The van der Waals surface area contributed by atoms with Crippen LogP contribution in [0.4, 0.5) is 0 Å². The van der Waals surface area contributed by atoms with E-state index in [1.165, 1.54) is 5.56 Å². The Hall–Kier alpha value is -3.67. The first kappa shape index (κ1) is 21.2. The van der Waals surface area contributed by atoms with Gasteiger partial charge in [-0.2, -0.15) is 0 Å². The van der Waals surface area contributed by atoms with E-state index in [1.807, 2.05) is 17.3 Å². The van der Waals surface area contributed by atoms with E-state index in [1.54, 1.807) is 6.33 Å². The van der Waals surface area contributed by atoms with Crippen LogP contribution < -0.4 is 0 Å². The molecule has 2 N–H and O–H groups in total. The quantitative estimate of drug-likeness (QED) is 0.396. The molecule has 1 atom stereocenters. The van der Waals surface area contributed by atoms with Crippen molar-refractivity contribution in [2.45, 2.75) is 39.2 Å². The van der Waals surface area contributed by atoms with Gasteiger partial charge in [0, 0.05) is 13.0 Å². The summed E-state index contributed by atoms with van der Waals surface area (Å²) in [5.41, 5.74) is 6.53. The zero-order valence-corrected chi connectivity index (χ0v) is 19.1. The third-order valence-corrected chi connectivity index (χ3v) is 6.29. The van der Waals surface area contributed by atoms with Crippen LogP contribution >= 0.6 is 0 Å². The number of rotatable bonds is 6. The monoisotopic (exact) mass is 439 g/mol. The number of H-pyrrole nitrogens is 2. The molecule has 6 nitrogen and oxygen atoms in total. The fourth-order valence-electron chi connectivity index (χ4n) is 4.57. The van der Waals surface area contributed by atoms with E-state index in [-0.39, 0.29) is 11.9 Å². The van der Waals surface area contributed by atoms with Crippen molar-refractivity contribution in [3.8, 4) is 33.6 Å². The van der Waals surface area contributed by atoms with Crippen LogP contribution in [0.25, 0.3) is 33.6 Å². The largest absolute Gasteiger partial charge is 0.345 e. The smallest absolute Gasteiger partial charge is 0.223 e. The number of imidazole rings is 2. The SMILES string of the molecule is CC(C)CC(=O)N1CCCC1c1ncc(-c2ccc(-c3ccc(-c4cnc[nH]4)cc3)cc2)[nH]1. The second kappa shape index (κ2) is 9.06. The minimum absolute atomic E-state index is 0.0534. The van der Waals surface area contributed by atoms with Crippen LogP contribution in [0.1, 0.15) is 45.0 Å². The number of hydrogen-bond donors (Lipinski definition) is 2. The molecule has 0 saturated carbocycles. The number of nitrogens with one attached hydrogen (secondary N) is 2. The number of amides is 1. The van der Waals surface area contributed by atoms with Crippen molar-refractivity contribution in [2.24, 2.45) is 5.92 Å². The summed E-state index contributed by atoms with van der Waals surface area (Å²) in [6.07, 6.45) is 7.98. The maximum Gasteiger partial charge on any atom is 0.223 e. The van der Waals surface area contributed by atoms with Crippen molar-refractivity contribution in [1.82, 2.24) is 24.8 Å². The molecule has 6 heteroatoms. The molecule has 33 heavy (non-hydrogen) atoms. The molecule has 2 aromatic carbocycles. The lowest BCUT2D eigenvalue weighted by molar-refractivity contribution is -0.133. The molecule has 1 aliphatic heterocycles. The predicted molar refractivity (Wildman–Crippen MR) is 130 cm³/mol. The summed E-state index contributed by atoms with van der Waals surface area (Å²) in [4.78, 5) is 30.0. The van der Waals surface area contributed by atoms with Gasteiger partial charge in [0.15, 0.2) is 0 Å². The third-order valence-electron chi connectivity index (χ3n) is 6.29. The van der Waals surface area contributed by atoms with Crippen LogP contribution in [0.3, 0.4) is 0 Å². The number of nitrogens with zero attached hydrogens (tertiary/aromatic N) is 3. The predicted octanol–water partition coefficient (Wildman–Crippen LogP) is 5.84. The van der Waals surface area contributed by atoms with Crippen molar-refractivity contribution in [2.75, 3.05) is 6.54 Å². The summed E-state index contributed by atoms with van der Waals surface area (Å²) >= 11 is 0. The Kier molecular flexibility index (Phi) is 5.82. The Morgan fingerprint density at radius 2 is 1.61 bits per heavy atom. The molecule has 1 fully saturated rings. The summed E-state index contributed by atoms with van der Waals surface area (Å²) in [7, 11) is 0. The lowest BCUT2D eigenvalue weighted by atomic mass is 10.0. The number of carbonyl (C=O) groups excluding carboxylic acids is 1. The normalized spacial score (nSPS) is 16.0. The summed E-state index contributed by atoms with van der Waals surface area (Å²) in [5.74, 6) is 1.48. The van der Waals surface area contributed by atoms with Gasteiger partial charge in [-0.15, -0.1) is 0 Å². The van der Waals surface area contributed by atoms with Crippen molar-refractivity contribution in [3.63, 3.8) is 0 Å². The van der Waals surface area contributed by atoms with Gasteiger partial charge in [-0.05, 0) is 41.0 Å². The number of aromatic nitrogens is 4. The number of carbonyl (C=O) groups is 1. The van der Waals surface area contributed by atoms with Crippen LogP contribution in [-0.2, 0) is 4.79 Å². The molecule has 1 aliphatic rings. The number of likely N-dealkylation sites (tertiary alicyclic amines) is 1. The van der Waals surface area contributed by atoms with Gasteiger partial charge in [0.05, 0.1) is 36.2 Å². The van der Waals surface area contributed by atoms with Crippen LogP contribution in [0, 0.1) is 5.92 Å². The maximum absolute atomic E-state index is 12.7. The molecule has 0 radical (unpaired) electrons. The fraction of sp³-hybridized carbons (Fsp3) is 0.296. The maximum atomic E-state index is 12.7. The Bertz CT molecular complexity index is 1210. The summed E-state index contributed by atoms with van der Waals surface area (Å²) < 4.78 is 0. The van der Waals surface area contributed by atoms with Crippen LogP contribution in [-0.4, -0.2) is 37.3 Å². The van der Waals surface area contributed by atoms with Gasteiger partial charge >= 0.3 is 0 Å². The minimum Gasteiger partial charge on any atom is -0.345 e. The van der Waals surface area contributed by atoms with Gasteiger partial charge in [0.1, 0.15) is 5.82 Å². The van der Waals surface area contributed by atoms with Gasteiger partial charge < -0.3 is 14.9 Å². The molecular weight excluding hydrogens is 410 g/mol. The standard InChI is InChI=1S/C27H29N5O/c1-18(2)14-26(33)32-13-3-4-25(32)27-29-16-24(31-27)22-11-7-20(8-12-22)19-5-9-21(10-6-19)23-15-28-17-30-23/h5-12,15-18,25H,3-4,13-14H2,1-2H3,(H,28,30)(H,29,31). The van der Waals surface area contributed by atoms with E-state index < -0.39 is 0 Å². The zero-order valence-electron chi connectivity index (χ0n) is 19.1. The van der Waals surface area contributed by atoms with Crippen molar-refractivity contribution >= 4 is 5.91 Å². The van der Waals surface area contributed by atoms with Crippen molar-refractivity contribution < 1.29 is 4.79 Å². The summed E-state index contributed by atoms with van der Waals surface area (Å²) in [6, 6.07) is 17.0. The number of hydrogen-bond acceptors (Lipinski definition) is 3. The topological polar surface area (TPSA) is 77.7 Å². The molecule has 1 saturated heterocycles. The average Bonchev–Trinajstić information content (AvgIpc) is 3.60. The minimum atomic E-state index is 0.0534. The van der Waals surface area contributed by atoms with E-state index >= 15 is 0 Å².